The van der Waals surface area contributed by atoms with Crippen LogP contribution in [0.2, 0.25) is 5.02 Å². The Morgan fingerprint density at radius 3 is 2.96 bits per heavy atom. The summed E-state index contributed by atoms with van der Waals surface area (Å²) in [7, 11) is 0. The minimum atomic E-state index is -0.580. The number of likely N-dealkylation sites (tertiary alicyclic amines) is 1. The fourth-order valence-electron chi connectivity index (χ4n) is 3.37. The van der Waals surface area contributed by atoms with Crippen LogP contribution in [0.4, 0.5) is 4.39 Å². The normalized spacial score (nSPS) is 19.4. The maximum Gasteiger partial charge on any atom is 0.280 e. The van der Waals surface area contributed by atoms with Gasteiger partial charge in [-0.05, 0) is 37.5 Å². The summed E-state index contributed by atoms with van der Waals surface area (Å²) in [4.78, 5) is 18.6. The summed E-state index contributed by atoms with van der Waals surface area (Å²) >= 11 is 5.90. The molecule has 3 aromatic rings. The van der Waals surface area contributed by atoms with Crippen molar-refractivity contribution in [2.24, 2.45) is 0 Å². The van der Waals surface area contributed by atoms with Gasteiger partial charge in [0.15, 0.2) is 11.5 Å². The van der Waals surface area contributed by atoms with Crippen molar-refractivity contribution in [1.82, 2.24) is 30.0 Å². The molecule has 2 aliphatic rings. The zero-order chi connectivity index (χ0) is 19.3. The molecule has 1 aliphatic heterocycles. The monoisotopic (exact) mass is 402 g/mol. The molecular formula is C18H16ClFN6O2. The third-order valence-electron chi connectivity index (χ3n) is 5.10. The standard InChI is InChI=1S/C18H16ClFN6O2/c19-11-3-4-14(20)13(7-11)18(27)25-6-5-12(8-25)26-9-15(22-24-26)17-21-16(23-28-17)10-1-2-10/h3-4,7,9-10,12H,1-2,5-6,8H2/t12-/m0/s1. The second kappa shape index (κ2) is 6.66. The van der Waals surface area contributed by atoms with Crippen molar-refractivity contribution in [2.45, 2.75) is 31.2 Å². The number of carbonyl (C=O) groups excluding carboxylic acids is 1. The molecule has 8 nitrogen and oxygen atoms in total. The number of halogens is 2. The average molecular weight is 403 g/mol. The molecule has 2 aromatic heterocycles. The third kappa shape index (κ3) is 3.15. The van der Waals surface area contributed by atoms with Crippen molar-refractivity contribution in [2.75, 3.05) is 13.1 Å². The molecule has 0 radical (unpaired) electrons. The van der Waals surface area contributed by atoms with Crippen LogP contribution in [0.3, 0.4) is 0 Å². The molecule has 5 rings (SSSR count). The first-order valence-corrected chi connectivity index (χ1v) is 9.46. The second-order valence-electron chi connectivity index (χ2n) is 7.13. The van der Waals surface area contributed by atoms with Gasteiger partial charge in [-0.3, -0.25) is 4.79 Å². The molecule has 144 valence electrons. The Bertz CT molecular complexity index is 1050. The van der Waals surface area contributed by atoms with Crippen LogP contribution in [0, 0.1) is 5.82 Å². The number of nitrogens with zero attached hydrogens (tertiary/aromatic N) is 6. The molecule has 2 fully saturated rings. The minimum absolute atomic E-state index is 0.0223. The predicted molar refractivity (Wildman–Crippen MR) is 96.3 cm³/mol. The predicted octanol–water partition coefficient (Wildman–Crippen LogP) is 3.09. The average Bonchev–Trinajstić information content (AvgIpc) is 3.12. The molecule has 0 bridgehead atoms. The SMILES string of the molecule is O=C(c1cc(Cl)ccc1F)N1CC[C@H](n2cc(-c3nc(C4CC4)no3)nn2)C1. The first-order valence-electron chi connectivity index (χ1n) is 9.08. The van der Waals surface area contributed by atoms with Gasteiger partial charge in [-0.15, -0.1) is 5.10 Å². The van der Waals surface area contributed by atoms with Crippen LogP contribution >= 0.6 is 11.6 Å². The second-order valence-corrected chi connectivity index (χ2v) is 7.57. The van der Waals surface area contributed by atoms with Crippen molar-refractivity contribution in [3.05, 3.63) is 46.6 Å². The quantitative estimate of drug-likeness (QED) is 0.666. The summed E-state index contributed by atoms with van der Waals surface area (Å²) in [5, 5.41) is 12.6. The van der Waals surface area contributed by atoms with Crippen LogP contribution in [0.1, 0.15) is 47.4 Å². The number of carbonyl (C=O) groups is 1. The first kappa shape index (κ1) is 17.3. The number of hydrogen-bond acceptors (Lipinski definition) is 6. The lowest BCUT2D eigenvalue weighted by atomic mass is 10.2. The lowest BCUT2D eigenvalue weighted by Gasteiger charge is -2.17. The number of amides is 1. The lowest BCUT2D eigenvalue weighted by molar-refractivity contribution is 0.0782. The van der Waals surface area contributed by atoms with E-state index in [9.17, 15) is 9.18 Å². The summed E-state index contributed by atoms with van der Waals surface area (Å²) in [6, 6.07) is 3.92. The summed E-state index contributed by atoms with van der Waals surface area (Å²) in [6.07, 6.45) is 4.60. The van der Waals surface area contributed by atoms with E-state index in [1.54, 1.807) is 15.8 Å². The van der Waals surface area contributed by atoms with Crippen LogP contribution in [-0.4, -0.2) is 49.0 Å². The van der Waals surface area contributed by atoms with E-state index in [-0.39, 0.29) is 17.5 Å². The fraction of sp³-hybridized carbons (Fsp3) is 0.389. The smallest absolute Gasteiger partial charge is 0.280 e. The largest absolute Gasteiger partial charge is 0.336 e. The van der Waals surface area contributed by atoms with Crippen LogP contribution in [-0.2, 0) is 0 Å². The van der Waals surface area contributed by atoms with Gasteiger partial charge in [0.2, 0.25) is 0 Å². The Balaban J connectivity index is 1.30. The van der Waals surface area contributed by atoms with Crippen LogP contribution in [0.25, 0.3) is 11.6 Å². The molecule has 0 unspecified atom stereocenters. The number of hydrogen-bond donors (Lipinski definition) is 0. The van der Waals surface area contributed by atoms with E-state index in [1.165, 1.54) is 18.2 Å². The summed E-state index contributed by atoms with van der Waals surface area (Å²) in [6.45, 7) is 0.905. The number of rotatable bonds is 4. The van der Waals surface area contributed by atoms with Crippen LogP contribution < -0.4 is 0 Å². The highest BCUT2D eigenvalue weighted by molar-refractivity contribution is 6.31. The number of aromatic nitrogens is 5. The highest BCUT2D eigenvalue weighted by atomic mass is 35.5. The van der Waals surface area contributed by atoms with E-state index in [0.717, 1.165) is 12.8 Å². The maximum atomic E-state index is 14.0. The highest BCUT2D eigenvalue weighted by Crippen LogP contribution is 2.38. The van der Waals surface area contributed by atoms with Gasteiger partial charge in [0.1, 0.15) is 5.82 Å². The van der Waals surface area contributed by atoms with E-state index >= 15 is 0 Å². The van der Waals surface area contributed by atoms with E-state index in [0.29, 0.717) is 47.9 Å². The molecule has 1 saturated carbocycles. The Hall–Kier alpha value is -2.81. The van der Waals surface area contributed by atoms with Gasteiger partial charge >= 0.3 is 0 Å². The zero-order valence-electron chi connectivity index (χ0n) is 14.8. The van der Waals surface area contributed by atoms with Gasteiger partial charge in [-0.25, -0.2) is 9.07 Å². The molecule has 1 atom stereocenters. The van der Waals surface area contributed by atoms with E-state index in [4.69, 9.17) is 16.1 Å². The molecule has 1 amide bonds. The van der Waals surface area contributed by atoms with E-state index in [1.807, 2.05) is 0 Å². The van der Waals surface area contributed by atoms with Crippen LogP contribution in [0.15, 0.2) is 28.9 Å². The highest BCUT2D eigenvalue weighted by Gasteiger charge is 2.32. The van der Waals surface area contributed by atoms with Gasteiger partial charge in [0.05, 0.1) is 17.8 Å². The third-order valence-corrected chi connectivity index (χ3v) is 5.33. The van der Waals surface area contributed by atoms with Gasteiger partial charge < -0.3 is 9.42 Å². The van der Waals surface area contributed by atoms with Gasteiger partial charge in [0.25, 0.3) is 11.8 Å². The van der Waals surface area contributed by atoms with Crippen LogP contribution in [0.5, 0.6) is 0 Å². The number of benzene rings is 1. The molecule has 0 spiro atoms. The summed E-state index contributed by atoms with van der Waals surface area (Å²) < 4.78 is 21.0. The topological polar surface area (TPSA) is 89.9 Å². The molecule has 1 saturated heterocycles. The minimum Gasteiger partial charge on any atom is -0.336 e. The fourth-order valence-corrected chi connectivity index (χ4v) is 3.55. The Kier molecular flexibility index (Phi) is 4.12. The van der Waals surface area contributed by atoms with Gasteiger partial charge in [-0.2, -0.15) is 4.98 Å². The Morgan fingerprint density at radius 1 is 1.29 bits per heavy atom. The molecule has 1 aliphatic carbocycles. The maximum absolute atomic E-state index is 14.0. The van der Waals surface area contributed by atoms with E-state index in [2.05, 4.69) is 20.5 Å². The van der Waals surface area contributed by atoms with Crippen molar-refractivity contribution in [1.29, 1.82) is 0 Å². The molecule has 3 heterocycles. The Labute approximate surface area is 164 Å². The lowest BCUT2D eigenvalue weighted by Crippen LogP contribution is -2.30. The van der Waals surface area contributed by atoms with Crippen molar-refractivity contribution in [3.8, 4) is 11.6 Å². The zero-order valence-corrected chi connectivity index (χ0v) is 15.5. The van der Waals surface area contributed by atoms with Crippen molar-refractivity contribution in [3.63, 3.8) is 0 Å². The first-order chi connectivity index (χ1) is 13.6. The molecule has 10 heteroatoms. The molecular weight excluding hydrogens is 387 g/mol. The summed E-state index contributed by atoms with van der Waals surface area (Å²) in [5.41, 5.74) is 0.482. The molecule has 0 N–H and O–H groups in total. The molecule has 28 heavy (non-hydrogen) atoms. The van der Waals surface area contributed by atoms with Gasteiger partial charge in [0, 0.05) is 24.0 Å². The molecule has 1 aromatic carbocycles. The van der Waals surface area contributed by atoms with Crippen molar-refractivity contribution >= 4 is 17.5 Å². The Morgan fingerprint density at radius 2 is 2.14 bits per heavy atom. The summed E-state index contributed by atoms with van der Waals surface area (Å²) in [5.74, 6) is 0.497. The van der Waals surface area contributed by atoms with Crippen molar-refractivity contribution < 1.29 is 13.7 Å². The van der Waals surface area contributed by atoms with E-state index < -0.39 is 5.82 Å². The van der Waals surface area contributed by atoms with Gasteiger partial charge in [-0.1, -0.05) is 22.0 Å².